The Morgan fingerprint density at radius 2 is 2.11 bits per heavy atom. The molecule has 92 valence electrons. The van der Waals surface area contributed by atoms with Gasteiger partial charge in [0.25, 0.3) is 5.91 Å². The second-order valence-electron chi connectivity index (χ2n) is 3.77. The first-order valence-electron chi connectivity index (χ1n) is 5.30. The number of rotatable bonds is 2. The minimum Gasteiger partial charge on any atom is -0.508 e. The van der Waals surface area contributed by atoms with Crippen LogP contribution in [0.3, 0.4) is 0 Å². The zero-order valence-electron chi connectivity index (χ0n) is 9.64. The molecule has 0 bridgehead atoms. The van der Waals surface area contributed by atoms with Gasteiger partial charge >= 0.3 is 0 Å². The molecular formula is C13H11BrN2O2. The van der Waals surface area contributed by atoms with Crippen molar-refractivity contribution in [3.05, 3.63) is 52.3 Å². The Hall–Kier alpha value is -1.88. The maximum Gasteiger partial charge on any atom is 0.255 e. The van der Waals surface area contributed by atoms with Gasteiger partial charge in [0.05, 0.1) is 11.4 Å². The van der Waals surface area contributed by atoms with Gasteiger partial charge < -0.3 is 10.4 Å². The molecule has 0 saturated heterocycles. The molecule has 0 aliphatic rings. The summed E-state index contributed by atoms with van der Waals surface area (Å²) in [6.45, 7) is 1.81. The Bertz CT molecular complexity index is 599. The zero-order valence-corrected chi connectivity index (χ0v) is 11.2. The largest absolute Gasteiger partial charge is 0.508 e. The first-order chi connectivity index (χ1) is 8.56. The lowest BCUT2D eigenvalue weighted by atomic mass is 10.2. The molecule has 4 nitrogen and oxygen atoms in total. The molecule has 1 aromatic heterocycles. The molecular weight excluding hydrogens is 296 g/mol. The van der Waals surface area contributed by atoms with Crippen LogP contribution in [-0.4, -0.2) is 16.0 Å². The molecule has 0 aliphatic heterocycles. The Morgan fingerprint density at radius 3 is 2.78 bits per heavy atom. The molecule has 1 aromatic carbocycles. The molecule has 18 heavy (non-hydrogen) atoms. The molecule has 0 aliphatic carbocycles. The second-order valence-corrected chi connectivity index (χ2v) is 4.58. The van der Waals surface area contributed by atoms with E-state index < -0.39 is 0 Å². The van der Waals surface area contributed by atoms with Gasteiger partial charge in [-0.25, -0.2) is 4.98 Å². The average Bonchev–Trinajstić information content (AvgIpc) is 2.32. The van der Waals surface area contributed by atoms with E-state index in [1.54, 1.807) is 24.3 Å². The fourth-order valence-electron chi connectivity index (χ4n) is 1.50. The Kier molecular flexibility index (Phi) is 3.62. The van der Waals surface area contributed by atoms with Gasteiger partial charge in [0.1, 0.15) is 10.4 Å². The quantitative estimate of drug-likeness (QED) is 0.838. The van der Waals surface area contributed by atoms with Gasteiger partial charge in [-0.3, -0.25) is 4.79 Å². The fourth-order valence-corrected chi connectivity index (χ4v) is 1.90. The van der Waals surface area contributed by atoms with Gasteiger partial charge in [0.2, 0.25) is 0 Å². The summed E-state index contributed by atoms with van der Waals surface area (Å²) in [7, 11) is 0. The van der Waals surface area contributed by atoms with Crippen molar-refractivity contribution in [3.63, 3.8) is 0 Å². The number of phenolic OH excluding ortho intramolecular Hbond substituents is 1. The predicted octanol–water partition coefficient (Wildman–Crippen LogP) is 3.11. The summed E-state index contributed by atoms with van der Waals surface area (Å²) in [6.07, 6.45) is 0. The number of pyridine rings is 1. The number of aromatic hydroxyl groups is 1. The van der Waals surface area contributed by atoms with Crippen molar-refractivity contribution in [1.29, 1.82) is 0 Å². The summed E-state index contributed by atoms with van der Waals surface area (Å²) in [5.74, 6) is -0.216. The van der Waals surface area contributed by atoms with Crippen LogP contribution in [0, 0.1) is 6.92 Å². The molecule has 2 rings (SSSR count). The number of aryl methyl sites for hydroxylation is 1. The van der Waals surface area contributed by atoms with Crippen molar-refractivity contribution < 1.29 is 9.90 Å². The molecule has 5 heteroatoms. The van der Waals surface area contributed by atoms with Crippen LogP contribution in [0.2, 0.25) is 0 Å². The molecule has 0 atom stereocenters. The van der Waals surface area contributed by atoms with E-state index in [0.29, 0.717) is 11.3 Å². The third-order valence-electron chi connectivity index (χ3n) is 2.41. The maximum atomic E-state index is 11.9. The van der Waals surface area contributed by atoms with Crippen LogP contribution >= 0.6 is 15.9 Å². The zero-order chi connectivity index (χ0) is 13.1. The third-order valence-corrected chi connectivity index (χ3v) is 2.85. The van der Waals surface area contributed by atoms with Crippen LogP contribution in [0.5, 0.6) is 5.75 Å². The van der Waals surface area contributed by atoms with Crippen LogP contribution in [0.25, 0.3) is 0 Å². The number of nitrogens with one attached hydrogen (secondary N) is 1. The number of amides is 1. The van der Waals surface area contributed by atoms with Crippen LogP contribution in [-0.2, 0) is 0 Å². The molecule has 0 saturated carbocycles. The van der Waals surface area contributed by atoms with Gasteiger partial charge in [-0.15, -0.1) is 0 Å². The van der Waals surface area contributed by atoms with Gasteiger partial charge in [-0.05, 0) is 53.2 Å². The van der Waals surface area contributed by atoms with Crippen LogP contribution in [0.15, 0.2) is 41.0 Å². The highest BCUT2D eigenvalue weighted by atomic mass is 79.9. The normalized spacial score (nSPS) is 10.1. The summed E-state index contributed by atoms with van der Waals surface area (Å²) < 4.78 is 0.718. The molecule has 1 heterocycles. The number of hydrogen-bond acceptors (Lipinski definition) is 3. The number of carbonyl (C=O) groups excluding carboxylic acids is 1. The van der Waals surface area contributed by atoms with Crippen LogP contribution in [0.1, 0.15) is 16.1 Å². The lowest BCUT2D eigenvalue weighted by Gasteiger charge is -2.08. The van der Waals surface area contributed by atoms with Crippen molar-refractivity contribution in [1.82, 2.24) is 4.98 Å². The van der Waals surface area contributed by atoms with E-state index in [-0.39, 0.29) is 11.7 Å². The lowest BCUT2D eigenvalue weighted by Crippen LogP contribution is -2.13. The minimum atomic E-state index is -0.280. The number of halogens is 1. The molecule has 0 fully saturated rings. The number of phenols is 1. The number of carbonyl (C=O) groups is 1. The van der Waals surface area contributed by atoms with Crippen molar-refractivity contribution in [2.45, 2.75) is 6.92 Å². The van der Waals surface area contributed by atoms with E-state index >= 15 is 0 Å². The van der Waals surface area contributed by atoms with E-state index in [0.717, 1.165) is 10.3 Å². The Morgan fingerprint density at radius 1 is 1.33 bits per heavy atom. The smallest absolute Gasteiger partial charge is 0.255 e. The molecule has 1 amide bonds. The van der Waals surface area contributed by atoms with E-state index in [1.807, 2.05) is 6.92 Å². The maximum absolute atomic E-state index is 11.9. The monoisotopic (exact) mass is 306 g/mol. The van der Waals surface area contributed by atoms with Crippen LogP contribution in [0.4, 0.5) is 5.69 Å². The Balaban J connectivity index is 2.21. The van der Waals surface area contributed by atoms with Gasteiger partial charge in [0.15, 0.2) is 0 Å². The average molecular weight is 307 g/mol. The van der Waals surface area contributed by atoms with Crippen molar-refractivity contribution >= 4 is 27.5 Å². The number of aromatic nitrogens is 1. The van der Waals surface area contributed by atoms with Gasteiger partial charge in [-0.1, -0.05) is 6.07 Å². The van der Waals surface area contributed by atoms with Crippen molar-refractivity contribution in [2.75, 3.05) is 5.32 Å². The Labute approximate surface area is 113 Å². The van der Waals surface area contributed by atoms with E-state index in [1.165, 1.54) is 12.1 Å². The van der Waals surface area contributed by atoms with Crippen molar-refractivity contribution in [3.8, 4) is 5.75 Å². The topological polar surface area (TPSA) is 62.2 Å². The highest BCUT2D eigenvalue weighted by molar-refractivity contribution is 9.10. The third kappa shape index (κ3) is 2.87. The van der Waals surface area contributed by atoms with E-state index in [2.05, 4.69) is 26.2 Å². The van der Waals surface area contributed by atoms with E-state index in [9.17, 15) is 9.90 Å². The minimum absolute atomic E-state index is 0.0632. The summed E-state index contributed by atoms with van der Waals surface area (Å²) in [4.78, 5) is 16.1. The van der Waals surface area contributed by atoms with Gasteiger partial charge in [0, 0.05) is 5.56 Å². The lowest BCUT2D eigenvalue weighted by molar-refractivity contribution is 0.102. The highest BCUT2D eigenvalue weighted by Crippen LogP contribution is 2.18. The summed E-state index contributed by atoms with van der Waals surface area (Å²) in [5, 5.41) is 12.1. The molecule has 2 aromatic rings. The van der Waals surface area contributed by atoms with E-state index in [4.69, 9.17) is 0 Å². The van der Waals surface area contributed by atoms with Gasteiger partial charge in [-0.2, -0.15) is 0 Å². The molecule has 0 radical (unpaired) electrons. The SMILES string of the molecule is Cc1nc(Br)ccc1NC(=O)c1cccc(O)c1. The number of anilines is 1. The molecule has 2 N–H and O–H groups in total. The second kappa shape index (κ2) is 5.18. The van der Waals surface area contributed by atoms with Crippen LogP contribution < -0.4 is 5.32 Å². The standard InChI is InChI=1S/C13H11BrN2O2/c1-8-11(5-6-12(14)15-8)16-13(18)9-3-2-4-10(17)7-9/h2-7,17H,1H3,(H,16,18). The first-order valence-corrected chi connectivity index (χ1v) is 6.09. The fraction of sp³-hybridized carbons (Fsp3) is 0.0769. The summed E-state index contributed by atoms with van der Waals surface area (Å²) >= 11 is 3.26. The summed E-state index contributed by atoms with van der Waals surface area (Å²) in [6, 6.07) is 9.71. The number of nitrogens with zero attached hydrogens (tertiary/aromatic N) is 1. The highest BCUT2D eigenvalue weighted by Gasteiger charge is 2.08. The number of hydrogen-bond donors (Lipinski definition) is 2. The molecule has 0 spiro atoms. The first kappa shape index (κ1) is 12.6. The predicted molar refractivity (Wildman–Crippen MR) is 72.7 cm³/mol. The summed E-state index contributed by atoms with van der Waals surface area (Å²) in [5.41, 5.74) is 1.77. The number of benzene rings is 1. The van der Waals surface area contributed by atoms with Crippen molar-refractivity contribution in [2.24, 2.45) is 0 Å². The molecule has 0 unspecified atom stereocenters.